The molecule has 3 aromatic rings. The fourth-order valence-corrected chi connectivity index (χ4v) is 3.33. The Hall–Kier alpha value is -3.32. The third kappa shape index (κ3) is 5.88. The summed E-state index contributed by atoms with van der Waals surface area (Å²) in [6, 6.07) is 12.8. The standard InChI is InChI=1S/C24H26ClN3O4/c1-4-8-17-11-12-20(21(14-17)30-3)31-16-23(29)28(13-5-2)15-22-26-27-24(32-22)18-9-6-7-10-19(18)25/h4,6-12,14H,5,13,15-16H2,1-3H3. The molecule has 0 unspecified atom stereocenters. The lowest BCUT2D eigenvalue weighted by atomic mass is 10.2. The molecular formula is C24H26ClN3O4. The first-order chi connectivity index (χ1) is 15.5. The van der Waals surface area contributed by atoms with Crippen molar-refractivity contribution < 1.29 is 18.7 Å². The third-order valence-corrected chi connectivity index (χ3v) is 4.97. The number of hydrogen-bond acceptors (Lipinski definition) is 6. The fourth-order valence-electron chi connectivity index (χ4n) is 3.12. The average molecular weight is 456 g/mol. The number of ether oxygens (including phenoxy) is 2. The van der Waals surface area contributed by atoms with E-state index in [1.54, 1.807) is 30.2 Å². The highest BCUT2D eigenvalue weighted by atomic mass is 35.5. The van der Waals surface area contributed by atoms with Crippen molar-refractivity contribution in [1.82, 2.24) is 15.1 Å². The minimum atomic E-state index is -0.191. The van der Waals surface area contributed by atoms with E-state index in [1.165, 1.54) is 0 Å². The van der Waals surface area contributed by atoms with Crippen LogP contribution in [0.3, 0.4) is 0 Å². The summed E-state index contributed by atoms with van der Waals surface area (Å²) in [5.41, 5.74) is 1.64. The van der Waals surface area contributed by atoms with Crippen molar-refractivity contribution in [2.24, 2.45) is 0 Å². The van der Waals surface area contributed by atoms with Gasteiger partial charge >= 0.3 is 0 Å². The zero-order valence-electron chi connectivity index (χ0n) is 18.4. The molecule has 1 heterocycles. The smallest absolute Gasteiger partial charge is 0.260 e. The largest absolute Gasteiger partial charge is 0.493 e. The summed E-state index contributed by atoms with van der Waals surface area (Å²) in [5.74, 6) is 1.52. The number of aromatic nitrogens is 2. The number of carbonyl (C=O) groups is 1. The van der Waals surface area contributed by atoms with Crippen LogP contribution in [0.5, 0.6) is 11.5 Å². The van der Waals surface area contributed by atoms with Gasteiger partial charge in [-0.3, -0.25) is 4.79 Å². The number of carbonyl (C=O) groups excluding carboxylic acids is 1. The minimum absolute atomic E-state index is 0.134. The number of allylic oxidation sites excluding steroid dienone is 1. The summed E-state index contributed by atoms with van der Waals surface area (Å²) in [7, 11) is 1.57. The average Bonchev–Trinajstić information content (AvgIpc) is 3.26. The first-order valence-electron chi connectivity index (χ1n) is 10.3. The predicted octanol–water partition coefficient (Wildman–Crippen LogP) is 5.25. The highest BCUT2D eigenvalue weighted by Crippen LogP contribution is 2.29. The second kappa shape index (κ2) is 11.3. The molecule has 1 amide bonds. The molecule has 8 heteroatoms. The van der Waals surface area contributed by atoms with Gasteiger partial charge in [-0.25, -0.2) is 0 Å². The van der Waals surface area contributed by atoms with Gasteiger partial charge in [-0.2, -0.15) is 0 Å². The van der Waals surface area contributed by atoms with Gasteiger partial charge < -0.3 is 18.8 Å². The normalized spacial score (nSPS) is 11.0. The van der Waals surface area contributed by atoms with E-state index in [-0.39, 0.29) is 19.1 Å². The van der Waals surface area contributed by atoms with E-state index in [0.717, 1.165) is 12.0 Å². The molecule has 0 bridgehead atoms. The Morgan fingerprint density at radius 3 is 2.72 bits per heavy atom. The molecule has 0 aliphatic carbocycles. The molecule has 1 aromatic heterocycles. The molecule has 7 nitrogen and oxygen atoms in total. The summed E-state index contributed by atoms with van der Waals surface area (Å²) < 4.78 is 16.9. The van der Waals surface area contributed by atoms with Crippen LogP contribution in [0, 0.1) is 0 Å². The highest BCUT2D eigenvalue weighted by Gasteiger charge is 2.19. The van der Waals surface area contributed by atoms with Crippen LogP contribution in [0.2, 0.25) is 5.02 Å². The molecule has 32 heavy (non-hydrogen) atoms. The first-order valence-corrected chi connectivity index (χ1v) is 10.7. The number of benzene rings is 2. The van der Waals surface area contributed by atoms with Gasteiger partial charge in [0.05, 0.1) is 24.2 Å². The summed E-state index contributed by atoms with van der Waals surface area (Å²) in [5, 5.41) is 8.66. The minimum Gasteiger partial charge on any atom is -0.493 e. The zero-order chi connectivity index (χ0) is 22.9. The number of hydrogen-bond donors (Lipinski definition) is 0. The van der Waals surface area contributed by atoms with Crippen LogP contribution in [0.15, 0.2) is 53.0 Å². The maximum Gasteiger partial charge on any atom is 0.260 e. The lowest BCUT2D eigenvalue weighted by Gasteiger charge is -2.20. The Balaban J connectivity index is 1.67. The Morgan fingerprint density at radius 1 is 1.19 bits per heavy atom. The number of amides is 1. The van der Waals surface area contributed by atoms with Crippen LogP contribution in [0.1, 0.15) is 31.7 Å². The third-order valence-electron chi connectivity index (χ3n) is 4.64. The second-order valence-electron chi connectivity index (χ2n) is 7.00. The van der Waals surface area contributed by atoms with Crippen molar-refractivity contribution in [3.63, 3.8) is 0 Å². The number of methoxy groups -OCH3 is 1. The molecule has 0 aliphatic heterocycles. The quantitative estimate of drug-likeness (QED) is 0.415. The van der Waals surface area contributed by atoms with E-state index >= 15 is 0 Å². The molecule has 168 valence electrons. The molecule has 0 radical (unpaired) electrons. The molecular weight excluding hydrogens is 430 g/mol. The Labute approximate surface area is 192 Å². The Morgan fingerprint density at radius 2 is 2.00 bits per heavy atom. The Kier molecular flexibility index (Phi) is 8.27. The monoisotopic (exact) mass is 455 g/mol. The Bertz CT molecular complexity index is 1080. The van der Waals surface area contributed by atoms with Crippen molar-refractivity contribution in [2.75, 3.05) is 20.3 Å². The maximum absolute atomic E-state index is 12.8. The van der Waals surface area contributed by atoms with Crippen LogP contribution in [-0.2, 0) is 11.3 Å². The van der Waals surface area contributed by atoms with Crippen LogP contribution >= 0.6 is 11.6 Å². The molecule has 2 aromatic carbocycles. The van der Waals surface area contributed by atoms with E-state index in [4.69, 9.17) is 25.5 Å². The molecule has 0 aliphatic rings. The van der Waals surface area contributed by atoms with E-state index in [9.17, 15) is 4.79 Å². The van der Waals surface area contributed by atoms with Gasteiger partial charge in [-0.1, -0.05) is 48.9 Å². The molecule has 0 N–H and O–H groups in total. The summed E-state index contributed by atoms with van der Waals surface area (Å²) in [6.45, 7) is 4.52. The van der Waals surface area contributed by atoms with Crippen molar-refractivity contribution in [2.45, 2.75) is 26.8 Å². The molecule has 0 saturated carbocycles. The first kappa shape index (κ1) is 23.3. The molecule has 0 fully saturated rings. The molecule has 0 spiro atoms. The van der Waals surface area contributed by atoms with Gasteiger partial charge in [0, 0.05) is 6.54 Å². The van der Waals surface area contributed by atoms with Crippen molar-refractivity contribution in [3.8, 4) is 23.0 Å². The van der Waals surface area contributed by atoms with Gasteiger partial charge in [0.2, 0.25) is 11.8 Å². The van der Waals surface area contributed by atoms with Crippen LogP contribution in [0.25, 0.3) is 17.5 Å². The van der Waals surface area contributed by atoms with E-state index in [1.807, 2.05) is 50.3 Å². The van der Waals surface area contributed by atoms with Crippen molar-refractivity contribution in [3.05, 3.63) is 65.0 Å². The lowest BCUT2D eigenvalue weighted by molar-refractivity contribution is -0.134. The SMILES string of the molecule is CC=Cc1ccc(OCC(=O)N(CCC)Cc2nnc(-c3ccccc3Cl)o2)c(OC)c1. The van der Waals surface area contributed by atoms with Crippen molar-refractivity contribution in [1.29, 1.82) is 0 Å². The number of halogens is 1. The van der Waals surface area contributed by atoms with E-state index < -0.39 is 0 Å². The summed E-state index contributed by atoms with van der Waals surface area (Å²) in [6.07, 6.45) is 4.68. The highest BCUT2D eigenvalue weighted by molar-refractivity contribution is 6.33. The summed E-state index contributed by atoms with van der Waals surface area (Å²) in [4.78, 5) is 14.5. The number of nitrogens with zero attached hydrogens (tertiary/aromatic N) is 3. The predicted molar refractivity (Wildman–Crippen MR) is 124 cm³/mol. The van der Waals surface area contributed by atoms with Gasteiger partial charge in [0.25, 0.3) is 5.91 Å². The van der Waals surface area contributed by atoms with E-state index in [0.29, 0.717) is 40.4 Å². The topological polar surface area (TPSA) is 77.7 Å². The number of rotatable bonds is 10. The van der Waals surface area contributed by atoms with Crippen LogP contribution in [-0.4, -0.2) is 41.3 Å². The van der Waals surface area contributed by atoms with Gasteiger partial charge in [0.15, 0.2) is 18.1 Å². The van der Waals surface area contributed by atoms with Crippen LogP contribution < -0.4 is 9.47 Å². The lowest BCUT2D eigenvalue weighted by Crippen LogP contribution is -2.35. The van der Waals surface area contributed by atoms with Crippen LogP contribution in [0.4, 0.5) is 0 Å². The molecule has 0 saturated heterocycles. The molecule has 3 rings (SSSR count). The van der Waals surface area contributed by atoms with Gasteiger partial charge in [0.1, 0.15) is 0 Å². The second-order valence-corrected chi connectivity index (χ2v) is 7.40. The van der Waals surface area contributed by atoms with E-state index in [2.05, 4.69) is 10.2 Å². The van der Waals surface area contributed by atoms with Gasteiger partial charge in [-0.05, 0) is 43.2 Å². The maximum atomic E-state index is 12.8. The zero-order valence-corrected chi connectivity index (χ0v) is 19.1. The fraction of sp³-hybridized carbons (Fsp3) is 0.292. The summed E-state index contributed by atoms with van der Waals surface area (Å²) >= 11 is 6.20. The molecule has 0 atom stereocenters. The van der Waals surface area contributed by atoms with Gasteiger partial charge in [-0.15, -0.1) is 10.2 Å². The van der Waals surface area contributed by atoms with Crippen molar-refractivity contribution >= 4 is 23.6 Å².